The van der Waals surface area contributed by atoms with Crippen LogP contribution in [0.4, 0.5) is 11.6 Å². The zero-order chi connectivity index (χ0) is 15.2. The summed E-state index contributed by atoms with van der Waals surface area (Å²) in [5.74, 6) is 2.16. The molecule has 21 heavy (non-hydrogen) atoms. The average molecular weight is 305 g/mol. The number of anilines is 2. The Morgan fingerprint density at radius 1 is 1.10 bits per heavy atom. The lowest BCUT2D eigenvalue weighted by Crippen LogP contribution is -2.11. The van der Waals surface area contributed by atoms with Crippen LogP contribution in [0.15, 0.2) is 12.5 Å². The zero-order valence-corrected chi connectivity index (χ0v) is 13.9. The van der Waals surface area contributed by atoms with Gasteiger partial charge in [0.25, 0.3) is 0 Å². The van der Waals surface area contributed by atoms with Crippen LogP contribution in [0.25, 0.3) is 0 Å². The minimum Gasteiger partial charge on any atom is -0.370 e. The van der Waals surface area contributed by atoms with E-state index in [4.69, 9.17) is 0 Å². The van der Waals surface area contributed by atoms with E-state index in [1.807, 2.05) is 6.20 Å². The molecule has 0 saturated heterocycles. The van der Waals surface area contributed by atoms with Gasteiger partial charge in [0.1, 0.15) is 23.0 Å². The van der Waals surface area contributed by atoms with Crippen molar-refractivity contribution in [3.63, 3.8) is 0 Å². The normalized spacial score (nSPS) is 10.9. The number of hydrogen-bond acceptors (Lipinski definition) is 6. The largest absolute Gasteiger partial charge is 0.370 e. The summed E-state index contributed by atoms with van der Waals surface area (Å²) in [6, 6.07) is 0. The molecule has 0 atom stereocenters. The zero-order valence-electron chi connectivity index (χ0n) is 13.1. The number of thiazole rings is 1. The van der Waals surface area contributed by atoms with Gasteiger partial charge in [-0.1, -0.05) is 20.8 Å². The van der Waals surface area contributed by atoms with Gasteiger partial charge in [-0.05, 0) is 19.3 Å². The maximum Gasteiger partial charge on any atom is 0.135 e. The van der Waals surface area contributed by atoms with Gasteiger partial charge in [-0.3, -0.25) is 0 Å². The Labute approximate surface area is 130 Å². The topological polar surface area (TPSA) is 62.7 Å². The second-order valence-electron chi connectivity index (χ2n) is 5.10. The van der Waals surface area contributed by atoms with Gasteiger partial charge in [0.2, 0.25) is 0 Å². The predicted octanol–water partition coefficient (Wildman–Crippen LogP) is 3.66. The van der Waals surface area contributed by atoms with Crippen molar-refractivity contribution < 1.29 is 0 Å². The second-order valence-corrected chi connectivity index (χ2v) is 6.30. The minimum atomic E-state index is 0.352. The molecule has 0 radical (unpaired) electrons. The lowest BCUT2D eigenvalue weighted by molar-refractivity contribution is 0.843. The first kappa shape index (κ1) is 15.7. The minimum absolute atomic E-state index is 0.352. The summed E-state index contributed by atoms with van der Waals surface area (Å²) in [6.07, 6.45) is 4.59. The molecule has 6 heteroatoms. The summed E-state index contributed by atoms with van der Waals surface area (Å²) in [6.45, 7) is 10.1. The lowest BCUT2D eigenvalue weighted by Gasteiger charge is -2.16. The molecule has 2 N–H and O–H groups in total. The van der Waals surface area contributed by atoms with E-state index in [1.54, 1.807) is 17.7 Å². The van der Waals surface area contributed by atoms with Gasteiger partial charge in [0.15, 0.2) is 0 Å². The van der Waals surface area contributed by atoms with Crippen molar-refractivity contribution >= 4 is 23.0 Å². The Kier molecular flexibility index (Phi) is 5.50. The van der Waals surface area contributed by atoms with Gasteiger partial charge in [0, 0.05) is 23.2 Å². The number of aromatic nitrogens is 3. The van der Waals surface area contributed by atoms with Gasteiger partial charge < -0.3 is 10.6 Å². The van der Waals surface area contributed by atoms with Crippen molar-refractivity contribution in [3.8, 4) is 0 Å². The number of nitrogens with one attached hydrogen (secondary N) is 2. The predicted molar refractivity (Wildman–Crippen MR) is 89.1 cm³/mol. The monoisotopic (exact) mass is 305 g/mol. The van der Waals surface area contributed by atoms with E-state index >= 15 is 0 Å². The Bertz CT molecular complexity index is 579. The molecular formula is C15H23N5S. The molecule has 0 bridgehead atoms. The fourth-order valence-corrected chi connectivity index (χ4v) is 2.95. The van der Waals surface area contributed by atoms with Crippen molar-refractivity contribution in [1.29, 1.82) is 0 Å². The summed E-state index contributed by atoms with van der Waals surface area (Å²) in [5, 5.41) is 7.80. The van der Waals surface area contributed by atoms with E-state index in [2.05, 4.69) is 53.3 Å². The molecule has 0 aliphatic carbocycles. The molecule has 0 saturated carbocycles. The first-order valence-electron chi connectivity index (χ1n) is 7.41. The molecule has 2 aromatic rings. The molecule has 2 heterocycles. The molecule has 0 amide bonds. The quantitative estimate of drug-likeness (QED) is 0.817. The third-order valence-corrected chi connectivity index (χ3v) is 4.30. The molecule has 2 aromatic heterocycles. The third kappa shape index (κ3) is 3.91. The summed E-state index contributed by atoms with van der Waals surface area (Å²) in [4.78, 5) is 14.5. The molecule has 0 aliphatic heterocycles. The Morgan fingerprint density at radius 2 is 1.81 bits per heavy atom. The molecule has 0 aromatic carbocycles. The second kappa shape index (κ2) is 7.36. The number of aryl methyl sites for hydroxylation is 1. The Hall–Kier alpha value is -1.69. The van der Waals surface area contributed by atoms with E-state index < -0.39 is 0 Å². The molecule has 0 aliphatic rings. The van der Waals surface area contributed by atoms with Crippen molar-refractivity contribution in [1.82, 2.24) is 15.0 Å². The number of hydrogen-bond donors (Lipinski definition) is 2. The lowest BCUT2D eigenvalue weighted by atomic mass is 10.0. The SMILES string of the molecule is CCNc1ncnc(NCc2ncc(CC)s2)c1C(C)C. The average Bonchev–Trinajstić information content (AvgIpc) is 2.93. The third-order valence-electron chi connectivity index (χ3n) is 3.16. The summed E-state index contributed by atoms with van der Waals surface area (Å²) >= 11 is 1.75. The van der Waals surface area contributed by atoms with Gasteiger partial charge in [0.05, 0.1) is 6.54 Å². The Morgan fingerprint density at radius 3 is 2.38 bits per heavy atom. The highest BCUT2D eigenvalue weighted by molar-refractivity contribution is 7.11. The highest BCUT2D eigenvalue weighted by atomic mass is 32.1. The molecule has 2 rings (SSSR count). The first-order valence-corrected chi connectivity index (χ1v) is 8.23. The van der Waals surface area contributed by atoms with Crippen LogP contribution in [0.2, 0.25) is 0 Å². The molecule has 0 fully saturated rings. The van der Waals surface area contributed by atoms with Crippen LogP contribution in [0, 0.1) is 0 Å². The molecule has 114 valence electrons. The van der Waals surface area contributed by atoms with Gasteiger partial charge in [-0.25, -0.2) is 15.0 Å². The fraction of sp³-hybridized carbons (Fsp3) is 0.533. The van der Waals surface area contributed by atoms with Crippen LogP contribution in [0.1, 0.15) is 49.1 Å². The van der Waals surface area contributed by atoms with Crippen LogP contribution >= 0.6 is 11.3 Å². The summed E-state index contributed by atoms with van der Waals surface area (Å²) < 4.78 is 0. The van der Waals surface area contributed by atoms with Crippen molar-refractivity contribution in [2.75, 3.05) is 17.2 Å². The maximum absolute atomic E-state index is 4.43. The van der Waals surface area contributed by atoms with E-state index in [9.17, 15) is 0 Å². The van der Waals surface area contributed by atoms with Gasteiger partial charge in [-0.2, -0.15) is 0 Å². The summed E-state index contributed by atoms with van der Waals surface area (Å²) in [7, 11) is 0. The van der Waals surface area contributed by atoms with E-state index in [-0.39, 0.29) is 0 Å². The smallest absolute Gasteiger partial charge is 0.135 e. The number of nitrogens with zero attached hydrogens (tertiary/aromatic N) is 3. The van der Waals surface area contributed by atoms with E-state index in [1.165, 1.54) is 4.88 Å². The highest BCUT2D eigenvalue weighted by Gasteiger charge is 2.14. The standard InChI is InChI=1S/C15H23N5S/c1-5-11-7-17-12(21-11)8-18-15-13(10(3)4)14(16-6-2)19-9-20-15/h7,9-10H,5-6,8H2,1-4H3,(H2,16,18,19,20). The Balaban J connectivity index is 2.16. The summed E-state index contributed by atoms with van der Waals surface area (Å²) in [5.41, 5.74) is 1.13. The van der Waals surface area contributed by atoms with Gasteiger partial charge >= 0.3 is 0 Å². The molecule has 5 nitrogen and oxygen atoms in total. The maximum atomic E-state index is 4.43. The van der Waals surface area contributed by atoms with E-state index in [0.29, 0.717) is 12.5 Å². The number of rotatable bonds is 7. The molecular weight excluding hydrogens is 282 g/mol. The van der Waals surface area contributed by atoms with Crippen molar-refractivity contribution in [2.45, 2.75) is 46.6 Å². The molecule has 0 spiro atoms. The fourth-order valence-electron chi connectivity index (χ4n) is 2.14. The van der Waals surface area contributed by atoms with Crippen molar-refractivity contribution in [2.24, 2.45) is 0 Å². The van der Waals surface area contributed by atoms with Crippen LogP contribution in [0.3, 0.4) is 0 Å². The van der Waals surface area contributed by atoms with Crippen LogP contribution < -0.4 is 10.6 Å². The van der Waals surface area contributed by atoms with Crippen LogP contribution in [-0.2, 0) is 13.0 Å². The van der Waals surface area contributed by atoms with Crippen molar-refractivity contribution in [3.05, 3.63) is 28.0 Å². The van der Waals surface area contributed by atoms with Gasteiger partial charge in [-0.15, -0.1) is 11.3 Å². The first-order chi connectivity index (χ1) is 10.2. The van der Waals surface area contributed by atoms with E-state index in [0.717, 1.165) is 35.2 Å². The molecule has 0 unspecified atom stereocenters. The van der Waals surface area contributed by atoms with Crippen LogP contribution in [0.5, 0.6) is 0 Å². The van der Waals surface area contributed by atoms with Crippen LogP contribution in [-0.4, -0.2) is 21.5 Å². The highest BCUT2D eigenvalue weighted by Crippen LogP contribution is 2.28.